The maximum Gasteiger partial charge on any atom is 0.216 e. The molecule has 15 heteroatoms. The molecule has 0 spiro atoms. The Kier molecular flexibility index (Phi) is 25.8. The average molecular weight is 1750 g/mol. The average Bonchev–Trinajstić information content (AvgIpc) is 1.60. The number of fused-ring (bicyclic) bond motifs is 15. The molecule has 0 unspecified atom stereocenters. The number of aryl methyl sites for hydroxylation is 10. The molecule has 20 aromatic rings. The van der Waals surface area contributed by atoms with E-state index in [4.69, 9.17) is 41.8 Å². The van der Waals surface area contributed by atoms with Gasteiger partial charge in [-0.15, -0.1) is 0 Å². The van der Waals surface area contributed by atoms with Gasteiger partial charge >= 0.3 is 0 Å². The van der Waals surface area contributed by atoms with E-state index in [0.717, 1.165) is 207 Å². The summed E-state index contributed by atoms with van der Waals surface area (Å²) in [4.78, 5) is 11.0. The van der Waals surface area contributed by atoms with Crippen molar-refractivity contribution in [2.45, 2.75) is 135 Å². The van der Waals surface area contributed by atoms with E-state index in [1.165, 1.54) is 33.4 Å². The summed E-state index contributed by atoms with van der Waals surface area (Å²) in [6.07, 6.45) is 12.9. The molecule has 133 heavy (non-hydrogen) atoms. The maximum absolute atomic E-state index is 9.68. The number of nitriles is 2. The second kappa shape index (κ2) is 37.8. The van der Waals surface area contributed by atoms with E-state index in [1.54, 1.807) is 0 Å². The summed E-state index contributed by atoms with van der Waals surface area (Å²) in [6, 6.07) is 76.2. The summed E-state index contributed by atoms with van der Waals surface area (Å²) >= 11 is 0. The highest BCUT2D eigenvalue weighted by Crippen LogP contribution is 2.48. The van der Waals surface area contributed by atoms with Crippen LogP contribution in [0.5, 0.6) is 0 Å². The van der Waals surface area contributed by atoms with Crippen LogP contribution in [0, 0.1) is 94.8 Å². The van der Waals surface area contributed by atoms with Gasteiger partial charge in [0.2, 0.25) is 28.5 Å². The lowest BCUT2D eigenvalue weighted by atomic mass is 9.90. The predicted octanol–water partition coefficient (Wildman–Crippen LogP) is 29.2. The number of hydrogen-bond donors (Lipinski definition) is 0. The molecule has 0 N–H and O–H groups in total. The third kappa shape index (κ3) is 17.2. The van der Waals surface area contributed by atoms with Crippen LogP contribution in [-0.4, -0.2) is 0 Å². The minimum Gasteiger partial charge on any atom is -0.456 e. The van der Waals surface area contributed by atoms with Crippen LogP contribution < -0.4 is 22.8 Å². The van der Waals surface area contributed by atoms with Crippen molar-refractivity contribution in [3.05, 3.63) is 344 Å². The molecule has 15 nitrogen and oxygen atoms in total. The first-order chi connectivity index (χ1) is 64.0. The van der Waals surface area contributed by atoms with Crippen LogP contribution in [0.25, 0.3) is 181 Å². The van der Waals surface area contributed by atoms with Crippen molar-refractivity contribution in [2.75, 3.05) is 0 Å². The van der Waals surface area contributed by atoms with Crippen LogP contribution in [0.1, 0.15) is 148 Å². The fourth-order valence-electron chi connectivity index (χ4n) is 19.1. The SMILES string of the molecule is Cc1cc(C(C)C)c2c(oc3cccc(C#N)c32)c1-c1cccc[n+]1C.Cc1ccc2c(oc3c(CC(C)C)ccc(C#N)c32)c1-c1cccc[n+]1C.[C-]#[N+]c1cc(CC(C)C)c2oc3c(-c4cccc[n+]4C)c(C)ccc3c2c1.[C-]#[N+]c1ccc2c(oc3c(-c4cccc[n+]4C)c(C)ccc32)c1CC(C)C.[C-]#[N+]c1ccc2oc3c(-c4cccc[n+]4C)c(C)cc(C(C)C)c3c2c1. The summed E-state index contributed by atoms with van der Waals surface area (Å²) in [6.45, 7) is 54.9. The van der Waals surface area contributed by atoms with Crippen molar-refractivity contribution in [1.82, 2.24) is 0 Å². The van der Waals surface area contributed by atoms with Crippen molar-refractivity contribution in [1.29, 1.82) is 10.5 Å². The molecule has 0 aliphatic heterocycles. The second-order valence-electron chi connectivity index (χ2n) is 37.0. The molecule has 10 aromatic carbocycles. The van der Waals surface area contributed by atoms with Crippen LogP contribution in [-0.2, 0) is 54.5 Å². The zero-order valence-electron chi connectivity index (χ0n) is 79.6. The highest BCUT2D eigenvalue weighted by Gasteiger charge is 2.31. The van der Waals surface area contributed by atoms with Gasteiger partial charge in [0.15, 0.2) is 48.0 Å². The van der Waals surface area contributed by atoms with Gasteiger partial charge in [0, 0.05) is 120 Å². The van der Waals surface area contributed by atoms with E-state index >= 15 is 0 Å². The summed E-state index contributed by atoms with van der Waals surface area (Å²) in [5.41, 5.74) is 34.8. The molecule has 0 bridgehead atoms. The van der Waals surface area contributed by atoms with Crippen molar-refractivity contribution in [2.24, 2.45) is 53.0 Å². The fourth-order valence-corrected chi connectivity index (χ4v) is 19.1. The third-order valence-corrected chi connectivity index (χ3v) is 25.4. The largest absolute Gasteiger partial charge is 0.456 e. The zero-order valence-corrected chi connectivity index (χ0v) is 79.6. The Labute approximate surface area is 778 Å². The van der Waals surface area contributed by atoms with Crippen molar-refractivity contribution < 1.29 is 44.9 Å². The quantitative estimate of drug-likeness (QED) is 0.0825. The van der Waals surface area contributed by atoms with Gasteiger partial charge in [0.1, 0.15) is 91.1 Å². The number of nitrogens with zero attached hydrogens (tertiary/aromatic N) is 10. The summed E-state index contributed by atoms with van der Waals surface area (Å²) < 4.78 is 42.7. The molecule has 0 saturated heterocycles. The number of furan rings is 5. The standard InChI is InChI=1S/3C24H23N2O.2C23H21N2O/c1-15(2)14-19-20(25-4)12-11-17-18-10-9-16(3)22(24(18)27-23(17)19)21-8-6-7-13-26(21)5;1-15(2)12-17-13-18(25-4)14-20-19-10-9-16(3)22(24(19)27-23(17)20)21-8-6-7-11-26(21)5;1-15(2)13-17-9-10-18(14-25)22-19-11-8-16(3)21(24(19)27-23(17)22)20-7-5-6-12-26(20)4;1-14(2)17-12-15(3)21(19-8-6-7-11-25(19)5)23-22(17)18-13-16(24-4)9-10-20(18)26-23;1-14(2)17-12-15(3)20(18-9-5-6-11-25(18)4)23-22(17)21-16(13-24)8-7-10-19(21)26-23/h6-13,15H,14H2,1-3,5H3;6-11,13-15H,12H2,1-3,5H3;5-12,15H,13H2,1-4H3;6-14H,1-3,5H3;5-12,14H,1-4H3/q5*+1. The fraction of sp³-hybridized carbons (Fsp3) is 0.237. The Hall–Kier alpha value is -15.6. The molecule has 0 atom stereocenters. The maximum atomic E-state index is 9.68. The number of aromatic nitrogens is 5. The van der Waals surface area contributed by atoms with Gasteiger partial charge in [0.05, 0.1) is 70.8 Å². The van der Waals surface area contributed by atoms with Gasteiger partial charge in [-0.1, -0.05) is 148 Å². The van der Waals surface area contributed by atoms with E-state index in [2.05, 4.69) is 290 Å². The minimum atomic E-state index is 0.335. The topological polar surface area (TPSA) is 146 Å². The first kappa shape index (κ1) is 90.7. The lowest BCUT2D eigenvalue weighted by Crippen LogP contribution is -2.30. The summed E-state index contributed by atoms with van der Waals surface area (Å²) in [7, 11) is 10.2. The smallest absolute Gasteiger partial charge is 0.216 e. The van der Waals surface area contributed by atoms with Crippen molar-refractivity contribution in [3.8, 4) is 68.4 Å². The van der Waals surface area contributed by atoms with Gasteiger partial charge in [-0.3, -0.25) is 0 Å². The second-order valence-corrected chi connectivity index (χ2v) is 37.0. The first-order valence-electron chi connectivity index (χ1n) is 45.6. The summed E-state index contributed by atoms with van der Waals surface area (Å²) in [5, 5.41) is 29.7. The van der Waals surface area contributed by atoms with Crippen molar-refractivity contribution >= 4 is 127 Å². The Balaban J connectivity index is 0.000000121. The molecule has 0 aliphatic rings. The van der Waals surface area contributed by atoms with Gasteiger partial charge < -0.3 is 22.1 Å². The number of benzene rings is 10. The molecule has 0 saturated carbocycles. The molecule has 10 aromatic heterocycles. The van der Waals surface area contributed by atoms with E-state index in [1.807, 2.05) is 142 Å². The molecule has 0 radical (unpaired) electrons. The zero-order chi connectivity index (χ0) is 94.2. The Morgan fingerprint density at radius 1 is 0.301 bits per heavy atom. The van der Waals surface area contributed by atoms with Crippen LogP contribution >= 0.6 is 0 Å². The van der Waals surface area contributed by atoms with Crippen LogP contribution in [0.3, 0.4) is 0 Å². The number of rotatable bonds is 13. The third-order valence-electron chi connectivity index (χ3n) is 25.4. The molecule has 658 valence electrons. The van der Waals surface area contributed by atoms with E-state index in [-0.39, 0.29) is 0 Å². The van der Waals surface area contributed by atoms with Crippen LogP contribution in [0.2, 0.25) is 0 Å². The highest BCUT2D eigenvalue weighted by atomic mass is 16.3. The first-order valence-corrected chi connectivity index (χ1v) is 45.6. The van der Waals surface area contributed by atoms with Gasteiger partial charge in [-0.25, -0.2) is 37.4 Å². The molecule has 0 fully saturated rings. The summed E-state index contributed by atoms with van der Waals surface area (Å²) in [5.74, 6) is 2.17. The lowest BCUT2D eigenvalue weighted by Gasteiger charge is -2.12. The van der Waals surface area contributed by atoms with Crippen LogP contribution in [0.4, 0.5) is 17.1 Å². The van der Waals surface area contributed by atoms with Crippen LogP contribution in [0.15, 0.2) is 265 Å². The van der Waals surface area contributed by atoms with Crippen molar-refractivity contribution in [3.63, 3.8) is 0 Å². The van der Waals surface area contributed by atoms with Gasteiger partial charge in [-0.2, -0.15) is 10.5 Å². The van der Waals surface area contributed by atoms with Gasteiger partial charge in [-0.05, 0) is 206 Å². The monoisotopic (exact) mass is 1750 g/mol. The molecular formula is C118H111N10O5+5. The minimum absolute atomic E-state index is 0.335. The number of pyridine rings is 5. The molecule has 20 rings (SSSR count). The lowest BCUT2D eigenvalue weighted by molar-refractivity contribution is -0.660. The molecule has 10 heterocycles. The Morgan fingerprint density at radius 2 is 0.707 bits per heavy atom. The van der Waals surface area contributed by atoms with E-state index < -0.39 is 0 Å². The Morgan fingerprint density at radius 3 is 1.17 bits per heavy atom. The highest BCUT2D eigenvalue weighted by molar-refractivity contribution is 6.17. The normalized spacial score (nSPS) is 11.4. The van der Waals surface area contributed by atoms with E-state index in [0.29, 0.717) is 57.8 Å². The Bertz CT molecular complexity index is 8190. The molecule has 0 aliphatic carbocycles. The number of hydrogen-bond acceptors (Lipinski definition) is 7. The molecular weight excluding hydrogens is 1640 g/mol. The molecule has 0 amide bonds. The van der Waals surface area contributed by atoms with Gasteiger partial charge in [0.25, 0.3) is 0 Å². The van der Waals surface area contributed by atoms with E-state index in [9.17, 15) is 10.5 Å². The predicted molar refractivity (Wildman–Crippen MR) is 537 cm³/mol.